The minimum atomic E-state index is -0.360. The Labute approximate surface area is 717 Å². The molecule has 0 aliphatic rings. The summed E-state index contributed by atoms with van der Waals surface area (Å²) in [4.78, 5) is 18.5. The zero-order valence-corrected chi connectivity index (χ0v) is 66.0. The maximum Gasteiger partial charge on any atom is 0.188 e. The Balaban J connectivity index is 0.000000154. The second-order valence-corrected chi connectivity index (χ2v) is 30.8. The van der Waals surface area contributed by atoms with E-state index in [0.717, 1.165) is 198 Å². The lowest BCUT2D eigenvalue weighted by Crippen LogP contribution is -1.98. The molecule has 0 saturated carbocycles. The van der Waals surface area contributed by atoms with Crippen molar-refractivity contribution in [1.29, 1.82) is 26.3 Å². The molecule has 0 amide bonds. The van der Waals surface area contributed by atoms with Gasteiger partial charge in [-0.25, -0.2) is 33.0 Å². The van der Waals surface area contributed by atoms with Crippen molar-refractivity contribution in [1.82, 2.24) is 18.3 Å². The van der Waals surface area contributed by atoms with Crippen molar-refractivity contribution in [3.05, 3.63) is 412 Å². The van der Waals surface area contributed by atoms with Crippen LogP contribution in [0.25, 0.3) is 222 Å². The van der Waals surface area contributed by atoms with Crippen molar-refractivity contribution in [2.75, 3.05) is 0 Å². The molecule has 0 bridgehead atoms. The average molecular weight is 1610 g/mol. The van der Waals surface area contributed by atoms with Gasteiger partial charge < -0.3 is 18.3 Å². The predicted molar refractivity (Wildman–Crippen MR) is 497 cm³/mol. The van der Waals surface area contributed by atoms with E-state index in [9.17, 15) is 35.1 Å². The first-order chi connectivity index (χ1) is 61.8. The number of hydrogen-bond donors (Lipinski definition) is 0. The monoisotopic (exact) mass is 1610 g/mol. The second-order valence-electron chi connectivity index (χ2n) is 30.8. The van der Waals surface area contributed by atoms with E-state index in [2.05, 4.69) is 134 Å². The minimum Gasteiger partial charge on any atom is -0.309 e. The molecule has 0 N–H and O–H groups in total. The average Bonchev–Trinajstić information content (AvgIpc) is 0.797. The first-order valence-electron chi connectivity index (χ1n) is 39.8. The molecule has 0 fully saturated rings. The fourth-order valence-electron chi connectivity index (χ4n) is 18.6. The molecule has 0 atom stereocenters. The zero-order chi connectivity index (χ0) is 85.9. The van der Waals surface area contributed by atoms with E-state index in [-0.39, 0.29) is 11.6 Å². The number of halogens is 2. The largest absolute Gasteiger partial charge is 0.309 e. The molecule has 0 aliphatic carbocycles. The molecule has 576 valence electrons. The first-order valence-corrected chi connectivity index (χ1v) is 39.8. The van der Waals surface area contributed by atoms with E-state index in [4.69, 9.17) is 32.9 Å². The van der Waals surface area contributed by atoms with Gasteiger partial charge >= 0.3 is 0 Å². The summed E-state index contributed by atoms with van der Waals surface area (Å²) in [5.74, 6) is -0.720. The normalized spacial score (nSPS) is 11.2. The van der Waals surface area contributed by atoms with Crippen molar-refractivity contribution in [2.24, 2.45) is 0 Å². The van der Waals surface area contributed by atoms with Crippen LogP contribution in [0.3, 0.4) is 0 Å². The van der Waals surface area contributed by atoms with Gasteiger partial charge in [0, 0.05) is 44.3 Å². The van der Waals surface area contributed by atoms with Crippen LogP contribution in [0.2, 0.25) is 0 Å². The molecule has 4 heterocycles. The van der Waals surface area contributed by atoms with Gasteiger partial charge in [0.05, 0.1) is 135 Å². The van der Waals surface area contributed by atoms with Crippen LogP contribution in [0.1, 0.15) is 27.8 Å². The highest BCUT2D eigenvalue weighted by molar-refractivity contribution is 6.25. The summed E-state index contributed by atoms with van der Waals surface area (Å²) in [6.07, 6.45) is 0. The van der Waals surface area contributed by atoms with Crippen molar-refractivity contribution in [3.8, 4) is 97.6 Å². The van der Waals surface area contributed by atoms with Gasteiger partial charge in [0.25, 0.3) is 0 Å². The van der Waals surface area contributed by atoms with Crippen LogP contribution in [-0.4, -0.2) is 18.3 Å². The zero-order valence-electron chi connectivity index (χ0n) is 66.0. The number of aromatic nitrogens is 4. The predicted octanol–water partition coefficient (Wildman–Crippen LogP) is 29.4. The molecule has 0 aliphatic heterocycles. The van der Waals surface area contributed by atoms with Gasteiger partial charge in [-0.15, -0.1) is 0 Å². The first kappa shape index (κ1) is 74.5. The van der Waals surface area contributed by atoms with Gasteiger partial charge in [-0.2, -0.15) is 26.3 Å². The number of rotatable bonds is 8. The van der Waals surface area contributed by atoms with Crippen LogP contribution in [0.15, 0.2) is 315 Å². The Morgan fingerprint density at radius 3 is 0.619 bits per heavy atom. The van der Waals surface area contributed by atoms with E-state index in [1.54, 1.807) is 48.5 Å². The van der Waals surface area contributed by atoms with Crippen molar-refractivity contribution in [3.63, 3.8) is 0 Å². The van der Waals surface area contributed by atoms with E-state index in [1.807, 2.05) is 182 Å². The van der Waals surface area contributed by atoms with E-state index in [0.29, 0.717) is 56.3 Å². The Hall–Kier alpha value is -19.0. The third-order valence-corrected chi connectivity index (χ3v) is 24.1. The molecular formula is C110H52F2N14. The number of hydrogen-bond acceptors (Lipinski definition) is 5. The molecule has 0 spiro atoms. The van der Waals surface area contributed by atoms with Crippen molar-refractivity contribution in [2.45, 2.75) is 0 Å². The van der Waals surface area contributed by atoms with Crippen molar-refractivity contribution >= 4 is 159 Å². The molecule has 22 rings (SSSR count). The highest BCUT2D eigenvalue weighted by Gasteiger charge is 2.27. The van der Waals surface area contributed by atoms with Gasteiger partial charge in [-0.05, 0) is 315 Å². The molecule has 0 unspecified atom stereocenters. The Bertz CT molecular complexity index is 8290. The highest BCUT2D eigenvalue weighted by atomic mass is 19.1. The van der Waals surface area contributed by atoms with Gasteiger partial charge in [-0.3, -0.25) is 0 Å². The lowest BCUT2D eigenvalue weighted by Gasteiger charge is -2.20. The van der Waals surface area contributed by atoms with Crippen LogP contribution >= 0.6 is 0 Å². The maximum absolute atomic E-state index is 14.7. The van der Waals surface area contributed by atoms with Gasteiger partial charge in [0.15, 0.2) is 28.4 Å². The molecular weight excluding hydrogens is 1560 g/mol. The number of nitrogens with zero attached hydrogens (tertiary/aromatic N) is 14. The standard InChI is InChI=1S/C56H26N8.C54H26F2N6/c1-60-38-12-10-37(11-13-38)56-44-19-17-41(63-51-20-6-34(31-58)24-45(51)47-26-39(61-2)14-22-53(47)63)28-49(44)55(36-8-4-33(30-57)5-9-36)43-18-16-42(29-50(43)56)64-52-21-7-35(32-59)25-46(52)48-27-40(62-3)15-23-54(48)64;1-59-37-13-21-51-45(25-37)43-23-31(29-57)3-19-49(43)61(51)39-15-17-41-47(27-39)53(33-5-9-35(55)10-6-33)42-18-16-40(28-48(42)54(41)34-7-11-36(56)12-8-34)62-50-20-4-32(30-58)24-44(50)46-26-38(60-2)14-22-52(46)62/h4-29H;3-28H. The second kappa shape index (κ2) is 29.5. The Morgan fingerprint density at radius 1 is 0.190 bits per heavy atom. The summed E-state index contributed by atoms with van der Waals surface area (Å²) >= 11 is 0. The summed E-state index contributed by atoms with van der Waals surface area (Å²) in [6.45, 7) is 38.6. The number of benzene rings is 18. The summed E-state index contributed by atoms with van der Waals surface area (Å²) < 4.78 is 37.9. The summed E-state index contributed by atoms with van der Waals surface area (Å²) in [5, 5.41) is 63.4. The lowest BCUT2D eigenvalue weighted by molar-refractivity contribution is 0.627. The smallest absolute Gasteiger partial charge is 0.188 e. The fraction of sp³-hybridized carbons (Fsp3) is 0. The van der Waals surface area contributed by atoms with Crippen molar-refractivity contribution < 1.29 is 8.78 Å². The lowest BCUT2D eigenvalue weighted by atomic mass is 9.85. The molecule has 126 heavy (non-hydrogen) atoms. The molecule has 0 saturated heterocycles. The van der Waals surface area contributed by atoms with Crippen LogP contribution in [0, 0.1) is 101 Å². The van der Waals surface area contributed by atoms with E-state index >= 15 is 0 Å². The molecule has 4 aromatic heterocycles. The Kier molecular flexibility index (Phi) is 17.4. The third-order valence-electron chi connectivity index (χ3n) is 24.1. The molecule has 16 heteroatoms. The quantitative estimate of drug-likeness (QED) is 0.109. The topological polar surface area (TPSA) is 160 Å². The van der Waals surface area contributed by atoms with Gasteiger partial charge in [0.1, 0.15) is 11.6 Å². The van der Waals surface area contributed by atoms with Crippen LogP contribution in [0.4, 0.5) is 37.2 Å². The Morgan fingerprint density at radius 2 is 0.389 bits per heavy atom. The van der Waals surface area contributed by atoms with Crippen LogP contribution in [0.5, 0.6) is 0 Å². The molecule has 18 aromatic carbocycles. The number of nitriles is 5. The van der Waals surface area contributed by atoms with Crippen LogP contribution in [-0.2, 0) is 0 Å². The minimum absolute atomic E-state index is 0.360. The SMILES string of the molecule is [C-]#[N+]c1ccc(-c2c3ccc(-n4c5ccc(C#N)cc5c5cc([N+]#[C-])ccc54)cc3c(-c3ccc(C#N)cc3)c3ccc(-n4c5ccc(C#N)cc5c5cc([N+]#[C-])ccc54)cc23)cc1.[C-]#[N+]c1ccc2c(c1)c1cc(C#N)ccc1n2-c1ccc2c(-c3ccc(F)cc3)c3cc(-n4c5ccc(C#N)cc5c5cc([N+]#[C-])ccc54)ccc3c(-c3ccc(F)cc3)c2c1. The van der Waals surface area contributed by atoms with Gasteiger partial charge in [-0.1, -0.05) is 109 Å². The van der Waals surface area contributed by atoms with Gasteiger partial charge in [0.2, 0.25) is 0 Å². The summed E-state index contributed by atoms with van der Waals surface area (Å²) in [6, 6.07) is 110. The summed E-state index contributed by atoms with van der Waals surface area (Å²) in [5.41, 5.74) is 22.8. The maximum atomic E-state index is 14.7. The molecule has 22 aromatic rings. The number of fused-ring (bicyclic) bond motifs is 16. The van der Waals surface area contributed by atoms with E-state index < -0.39 is 0 Å². The fourth-order valence-corrected chi connectivity index (χ4v) is 18.6. The van der Waals surface area contributed by atoms with Crippen LogP contribution < -0.4 is 0 Å². The highest BCUT2D eigenvalue weighted by Crippen LogP contribution is 2.51. The van der Waals surface area contributed by atoms with E-state index in [1.165, 1.54) is 24.3 Å². The molecule has 0 radical (unpaired) electrons. The summed E-state index contributed by atoms with van der Waals surface area (Å²) in [7, 11) is 0. The molecule has 14 nitrogen and oxygen atoms in total. The third kappa shape index (κ3) is 11.9.